The maximum Gasteiger partial charge on any atom is 0.228 e. The van der Waals surface area contributed by atoms with E-state index in [1.165, 1.54) is 0 Å². The lowest BCUT2D eigenvalue weighted by Gasteiger charge is -2.37. The number of aliphatic hydroxyl groups excluding tert-OH is 1. The Labute approximate surface area is 86.1 Å². The number of carbonyl (C=O) groups is 1. The Hall–Kier alpha value is -0.570. The Morgan fingerprint density at radius 1 is 1.43 bits per heavy atom. The fraction of sp³-hybridized carbons (Fsp3) is 0.909. The number of likely N-dealkylation sites (tertiary alicyclic amines) is 1. The number of carbonyl (C=O) groups excluding carboxylic acids is 1. The van der Waals surface area contributed by atoms with Crippen molar-refractivity contribution in [3.8, 4) is 0 Å². The van der Waals surface area contributed by atoms with Crippen LogP contribution in [0.2, 0.25) is 0 Å². The molecule has 0 aromatic carbocycles. The summed E-state index contributed by atoms with van der Waals surface area (Å²) in [5.41, 5.74) is -0.772. The lowest BCUT2D eigenvalue weighted by atomic mass is 9.91. The quantitative estimate of drug-likeness (QED) is 0.640. The monoisotopic (exact) mass is 199 g/mol. The maximum absolute atomic E-state index is 12.0. The van der Waals surface area contributed by atoms with Gasteiger partial charge in [-0.25, -0.2) is 0 Å². The van der Waals surface area contributed by atoms with Crippen molar-refractivity contribution in [1.82, 2.24) is 4.90 Å². The largest absolute Gasteiger partial charge is 0.391 e. The molecule has 1 fully saturated rings. The molecule has 0 radical (unpaired) electrons. The van der Waals surface area contributed by atoms with E-state index in [4.69, 9.17) is 0 Å². The van der Waals surface area contributed by atoms with E-state index in [0.29, 0.717) is 13.0 Å². The van der Waals surface area contributed by atoms with Crippen LogP contribution in [0.4, 0.5) is 0 Å². The van der Waals surface area contributed by atoms with E-state index in [-0.39, 0.29) is 11.3 Å². The summed E-state index contributed by atoms with van der Waals surface area (Å²) in [7, 11) is 0. The van der Waals surface area contributed by atoms with Crippen LogP contribution in [-0.4, -0.2) is 34.1 Å². The van der Waals surface area contributed by atoms with Gasteiger partial charge in [0.05, 0.1) is 11.6 Å². The van der Waals surface area contributed by atoms with Crippen molar-refractivity contribution in [1.29, 1.82) is 0 Å². The number of nitrogens with zero attached hydrogens (tertiary/aromatic N) is 1. The van der Waals surface area contributed by atoms with Crippen molar-refractivity contribution >= 4 is 5.91 Å². The van der Waals surface area contributed by atoms with Crippen LogP contribution in [0.5, 0.6) is 0 Å². The molecule has 0 saturated carbocycles. The zero-order valence-corrected chi connectivity index (χ0v) is 9.79. The predicted octanol–water partition coefficient (Wildman–Crippen LogP) is 1.40. The summed E-state index contributed by atoms with van der Waals surface area (Å²) in [6.45, 7) is 10.3. The smallest absolute Gasteiger partial charge is 0.228 e. The highest BCUT2D eigenvalue weighted by molar-refractivity contribution is 5.82. The summed E-state index contributed by atoms with van der Waals surface area (Å²) in [5, 5.41) is 9.75. The van der Waals surface area contributed by atoms with Gasteiger partial charge in [-0.3, -0.25) is 4.79 Å². The van der Waals surface area contributed by atoms with Gasteiger partial charge in [-0.15, -0.1) is 0 Å². The lowest BCUT2D eigenvalue weighted by Crippen LogP contribution is -2.51. The standard InChI is InChI=1S/C11H21NO2/c1-10(2,3)9(14)12-7-6-8(13)11(12,4)5/h8,13H,6-7H2,1-5H3. The second-order valence-electron chi connectivity index (χ2n) is 5.66. The van der Waals surface area contributed by atoms with E-state index >= 15 is 0 Å². The molecule has 14 heavy (non-hydrogen) atoms. The summed E-state index contributed by atoms with van der Waals surface area (Å²) < 4.78 is 0. The Morgan fingerprint density at radius 3 is 2.21 bits per heavy atom. The van der Waals surface area contributed by atoms with Crippen molar-refractivity contribution in [3.63, 3.8) is 0 Å². The Bertz CT molecular complexity index is 240. The lowest BCUT2D eigenvalue weighted by molar-refractivity contribution is -0.144. The molecule has 1 N–H and O–H groups in total. The highest BCUT2D eigenvalue weighted by atomic mass is 16.3. The van der Waals surface area contributed by atoms with Crippen LogP contribution in [0, 0.1) is 5.41 Å². The van der Waals surface area contributed by atoms with Gasteiger partial charge < -0.3 is 10.0 Å². The second kappa shape index (κ2) is 3.23. The van der Waals surface area contributed by atoms with E-state index in [9.17, 15) is 9.90 Å². The van der Waals surface area contributed by atoms with Gasteiger partial charge in [-0.2, -0.15) is 0 Å². The van der Waals surface area contributed by atoms with E-state index in [2.05, 4.69) is 0 Å². The van der Waals surface area contributed by atoms with Crippen molar-refractivity contribution in [2.45, 2.75) is 52.7 Å². The summed E-state index contributed by atoms with van der Waals surface area (Å²) >= 11 is 0. The van der Waals surface area contributed by atoms with Crippen molar-refractivity contribution in [2.75, 3.05) is 6.54 Å². The molecular weight excluding hydrogens is 178 g/mol. The molecule has 1 atom stereocenters. The van der Waals surface area contributed by atoms with E-state index in [0.717, 1.165) is 0 Å². The summed E-state index contributed by atoms with van der Waals surface area (Å²) in [6.07, 6.45) is 0.295. The molecule has 1 aliphatic heterocycles. The number of aliphatic hydroxyl groups is 1. The topological polar surface area (TPSA) is 40.5 Å². The molecule has 1 heterocycles. The molecule has 3 heteroatoms. The number of hydrogen-bond acceptors (Lipinski definition) is 2. The van der Waals surface area contributed by atoms with E-state index < -0.39 is 11.6 Å². The molecule has 1 rings (SSSR count). The van der Waals surface area contributed by atoms with E-state index in [1.54, 1.807) is 4.90 Å². The molecule has 3 nitrogen and oxygen atoms in total. The SMILES string of the molecule is CC(C)(C)C(=O)N1CCC(O)C1(C)C. The molecule has 0 spiro atoms. The highest BCUT2D eigenvalue weighted by Gasteiger charge is 2.45. The molecule has 1 saturated heterocycles. The van der Waals surface area contributed by atoms with Gasteiger partial charge in [0.2, 0.25) is 5.91 Å². The van der Waals surface area contributed by atoms with Gasteiger partial charge in [-0.1, -0.05) is 20.8 Å². The molecule has 0 bridgehead atoms. The molecule has 1 unspecified atom stereocenters. The minimum absolute atomic E-state index is 0.124. The van der Waals surface area contributed by atoms with E-state index in [1.807, 2.05) is 34.6 Å². The fourth-order valence-electron chi connectivity index (χ4n) is 1.84. The average Bonchev–Trinajstić information content (AvgIpc) is 2.25. The van der Waals surface area contributed by atoms with Crippen LogP contribution < -0.4 is 0 Å². The minimum Gasteiger partial charge on any atom is -0.391 e. The molecule has 0 aromatic rings. The zero-order valence-electron chi connectivity index (χ0n) is 9.79. The first-order chi connectivity index (χ1) is 6.17. The Morgan fingerprint density at radius 2 is 1.93 bits per heavy atom. The van der Waals surface area contributed by atoms with Crippen molar-refractivity contribution < 1.29 is 9.90 Å². The van der Waals surface area contributed by atoms with Crippen LogP contribution in [0.1, 0.15) is 41.0 Å². The van der Waals surface area contributed by atoms with Gasteiger partial charge in [-0.05, 0) is 20.3 Å². The number of rotatable bonds is 0. The third kappa shape index (κ3) is 1.78. The maximum atomic E-state index is 12.0. The molecule has 1 amide bonds. The van der Waals surface area contributed by atoms with Gasteiger partial charge >= 0.3 is 0 Å². The van der Waals surface area contributed by atoms with Gasteiger partial charge in [0, 0.05) is 12.0 Å². The number of amides is 1. The summed E-state index contributed by atoms with van der Waals surface area (Å²) in [6, 6.07) is 0. The van der Waals surface area contributed by atoms with Gasteiger partial charge in [0.15, 0.2) is 0 Å². The average molecular weight is 199 g/mol. The number of hydrogen-bond donors (Lipinski definition) is 1. The van der Waals surface area contributed by atoms with Crippen LogP contribution in [0.3, 0.4) is 0 Å². The Balaban J connectivity index is 2.86. The van der Waals surface area contributed by atoms with Crippen LogP contribution in [0.15, 0.2) is 0 Å². The predicted molar refractivity (Wildman–Crippen MR) is 55.9 cm³/mol. The molecule has 1 aliphatic rings. The van der Waals surface area contributed by atoms with Gasteiger partial charge in [0.1, 0.15) is 0 Å². The second-order valence-corrected chi connectivity index (χ2v) is 5.66. The van der Waals surface area contributed by atoms with Crippen LogP contribution in [0.25, 0.3) is 0 Å². The van der Waals surface area contributed by atoms with Crippen molar-refractivity contribution in [3.05, 3.63) is 0 Å². The highest BCUT2D eigenvalue weighted by Crippen LogP contribution is 2.32. The van der Waals surface area contributed by atoms with Crippen molar-refractivity contribution in [2.24, 2.45) is 5.41 Å². The zero-order chi connectivity index (χ0) is 11.1. The molecular formula is C11H21NO2. The first-order valence-corrected chi connectivity index (χ1v) is 5.17. The normalized spacial score (nSPS) is 26.7. The first kappa shape index (κ1) is 11.5. The minimum atomic E-state index is -0.412. The molecule has 82 valence electrons. The third-order valence-electron chi connectivity index (χ3n) is 3.02. The summed E-state index contributed by atoms with van der Waals surface area (Å²) in [5.74, 6) is 0.124. The van der Waals surface area contributed by atoms with Gasteiger partial charge in [0.25, 0.3) is 0 Å². The Kier molecular flexibility index (Phi) is 2.65. The summed E-state index contributed by atoms with van der Waals surface area (Å²) in [4.78, 5) is 13.8. The molecule has 0 aromatic heterocycles. The first-order valence-electron chi connectivity index (χ1n) is 5.17. The molecule has 0 aliphatic carbocycles. The van der Waals surface area contributed by atoms with Crippen LogP contribution >= 0.6 is 0 Å². The van der Waals surface area contributed by atoms with Crippen LogP contribution in [-0.2, 0) is 4.79 Å². The third-order valence-corrected chi connectivity index (χ3v) is 3.02. The fourth-order valence-corrected chi connectivity index (χ4v) is 1.84.